The molecule has 1 amide bonds. The first-order valence-electron chi connectivity index (χ1n) is 16.7. The van der Waals surface area contributed by atoms with Crippen LogP contribution in [0.1, 0.15) is 36.6 Å². The number of halogens is 1. The monoisotopic (exact) mass is 641 g/mol. The Labute approximate surface area is 276 Å². The molecule has 47 heavy (non-hydrogen) atoms. The number of benzene rings is 2. The number of ether oxygens (including phenoxy) is 2. The molecule has 1 aromatic heterocycles. The number of fused-ring (bicyclic) bond motifs is 2. The highest BCUT2D eigenvalue weighted by Gasteiger charge is 2.33. The third-order valence-corrected chi connectivity index (χ3v) is 9.37. The Hall–Kier alpha value is -4.27. The van der Waals surface area contributed by atoms with Crippen LogP contribution in [0.2, 0.25) is 0 Å². The number of anilines is 2. The van der Waals surface area contributed by atoms with Crippen molar-refractivity contribution in [1.82, 2.24) is 19.8 Å². The fourth-order valence-corrected chi connectivity index (χ4v) is 7.09. The highest BCUT2D eigenvalue weighted by molar-refractivity contribution is 5.97. The molecule has 3 aliphatic heterocycles. The molecular formula is C36H44FN7O3. The van der Waals surface area contributed by atoms with Crippen LogP contribution in [-0.4, -0.2) is 104 Å². The van der Waals surface area contributed by atoms with Gasteiger partial charge in [-0.1, -0.05) is 30.3 Å². The number of morpholine rings is 1. The van der Waals surface area contributed by atoms with Gasteiger partial charge >= 0.3 is 6.01 Å². The number of aryl methyl sites for hydroxylation is 1. The third kappa shape index (κ3) is 7.50. The summed E-state index contributed by atoms with van der Waals surface area (Å²) >= 11 is 0. The highest BCUT2D eigenvalue weighted by atomic mass is 19.1. The zero-order chi connectivity index (χ0) is 32.8. The Bertz CT molecular complexity index is 1640. The lowest BCUT2D eigenvalue weighted by molar-refractivity contribution is -0.128. The van der Waals surface area contributed by atoms with E-state index in [0.29, 0.717) is 38.8 Å². The van der Waals surface area contributed by atoms with Crippen molar-refractivity contribution in [3.05, 3.63) is 65.4 Å². The van der Waals surface area contributed by atoms with E-state index in [-0.39, 0.29) is 24.5 Å². The van der Waals surface area contributed by atoms with Gasteiger partial charge in [-0.25, -0.2) is 4.39 Å². The number of amides is 1. The summed E-state index contributed by atoms with van der Waals surface area (Å²) in [4.78, 5) is 31.4. The highest BCUT2D eigenvalue weighted by Crippen LogP contribution is 2.36. The molecule has 6 rings (SSSR count). The van der Waals surface area contributed by atoms with Gasteiger partial charge in [0.05, 0.1) is 50.1 Å². The molecule has 11 heteroatoms. The van der Waals surface area contributed by atoms with Crippen LogP contribution in [0, 0.1) is 18.3 Å². The van der Waals surface area contributed by atoms with Crippen LogP contribution >= 0.6 is 0 Å². The average Bonchev–Trinajstić information content (AvgIpc) is 3.08. The van der Waals surface area contributed by atoms with Crippen LogP contribution in [0.5, 0.6) is 6.01 Å². The molecule has 3 aromatic rings. The number of rotatable bonds is 10. The number of allylic oxidation sites excluding steroid dienone is 1. The van der Waals surface area contributed by atoms with Crippen molar-refractivity contribution in [3.63, 3.8) is 0 Å². The minimum Gasteiger partial charge on any atom is -0.463 e. The van der Waals surface area contributed by atoms with Crippen LogP contribution in [0.4, 0.5) is 15.9 Å². The number of alkyl halides is 1. The SMILES string of the molecule is Cc1cccc2cccc(N3CCc4c(nc(OCCCN5CCO[C@@H](C)C5)nc4N4CCN(C(=O)/C=C/CF)[C@@H](CC#N)C4)C3)c12. The van der Waals surface area contributed by atoms with Crippen molar-refractivity contribution in [2.75, 3.05) is 75.5 Å². The molecule has 3 aliphatic rings. The molecule has 0 aliphatic carbocycles. The van der Waals surface area contributed by atoms with Crippen molar-refractivity contribution in [3.8, 4) is 12.1 Å². The third-order valence-electron chi connectivity index (χ3n) is 9.37. The standard InChI is InChI=1S/C36H44FN7O3/c1-26-7-3-8-28-9-4-10-32(34(26)28)42-17-13-30-31(25-42)39-36(47-21-6-16-41-20-22-46-27(2)23-41)40-35(30)43-18-19-44(29(24-43)12-15-38)33(45)11-5-14-37/h3-5,7-11,27,29H,6,12-14,16-25H2,1-2H3/b11-5+/t27-,29-/m0/s1. The number of hydrogen-bond acceptors (Lipinski definition) is 9. The number of nitrogens with zero attached hydrogens (tertiary/aromatic N) is 7. The van der Waals surface area contributed by atoms with E-state index in [1.165, 1.54) is 34.2 Å². The first kappa shape index (κ1) is 32.7. The summed E-state index contributed by atoms with van der Waals surface area (Å²) < 4.78 is 24.7. The van der Waals surface area contributed by atoms with Crippen LogP contribution in [0.15, 0.2) is 48.6 Å². The molecule has 2 atom stereocenters. The molecule has 0 bridgehead atoms. The molecule has 0 N–H and O–H groups in total. The molecule has 2 saturated heterocycles. The summed E-state index contributed by atoms with van der Waals surface area (Å²) in [5.41, 5.74) is 4.45. The minimum atomic E-state index is -0.703. The molecule has 0 radical (unpaired) electrons. The van der Waals surface area contributed by atoms with E-state index < -0.39 is 6.67 Å². The van der Waals surface area contributed by atoms with Gasteiger partial charge in [0.15, 0.2) is 0 Å². The quantitative estimate of drug-likeness (QED) is 0.235. The fourth-order valence-electron chi connectivity index (χ4n) is 7.09. The predicted molar refractivity (Wildman–Crippen MR) is 180 cm³/mol. The van der Waals surface area contributed by atoms with Gasteiger partial charge in [-0.3, -0.25) is 9.69 Å². The van der Waals surface area contributed by atoms with Gasteiger partial charge in [0, 0.05) is 68.5 Å². The second-order valence-electron chi connectivity index (χ2n) is 12.6. The molecule has 2 fully saturated rings. The maximum atomic E-state index is 12.8. The summed E-state index contributed by atoms with van der Waals surface area (Å²) in [7, 11) is 0. The van der Waals surface area contributed by atoms with Crippen molar-refractivity contribution < 1.29 is 18.7 Å². The Balaban J connectivity index is 1.26. The average molecular weight is 642 g/mol. The van der Waals surface area contributed by atoms with E-state index in [4.69, 9.17) is 19.4 Å². The van der Waals surface area contributed by atoms with Crippen LogP contribution in [0.3, 0.4) is 0 Å². The lowest BCUT2D eigenvalue weighted by Gasteiger charge is -2.42. The normalized spacial score (nSPS) is 20.4. The predicted octanol–water partition coefficient (Wildman–Crippen LogP) is 4.45. The number of hydrogen-bond donors (Lipinski definition) is 0. The fraction of sp³-hybridized carbons (Fsp3) is 0.500. The van der Waals surface area contributed by atoms with Crippen molar-refractivity contribution in [2.45, 2.75) is 51.8 Å². The number of piperazine rings is 1. The van der Waals surface area contributed by atoms with Gasteiger partial charge in [-0.15, -0.1) is 0 Å². The molecule has 2 aromatic carbocycles. The van der Waals surface area contributed by atoms with Gasteiger partial charge in [-0.05, 0) is 49.8 Å². The minimum absolute atomic E-state index is 0.177. The van der Waals surface area contributed by atoms with Crippen LogP contribution in [-0.2, 0) is 22.5 Å². The summed E-state index contributed by atoms with van der Waals surface area (Å²) in [6.45, 7) is 10.4. The van der Waals surface area contributed by atoms with Crippen LogP contribution in [0.25, 0.3) is 10.8 Å². The summed E-state index contributed by atoms with van der Waals surface area (Å²) in [5.74, 6) is 0.544. The Morgan fingerprint density at radius 1 is 1.13 bits per heavy atom. The molecule has 0 spiro atoms. The molecule has 248 valence electrons. The first-order valence-corrected chi connectivity index (χ1v) is 16.7. The molecule has 0 unspecified atom stereocenters. The van der Waals surface area contributed by atoms with Gasteiger partial charge in [-0.2, -0.15) is 15.2 Å². The number of carbonyl (C=O) groups excluding carboxylic acids is 1. The zero-order valence-corrected chi connectivity index (χ0v) is 27.4. The lowest BCUT2D eigenvalue weighted by atomic mass is 9.99. The summed E-state index contributed by atoms with van der Waals surface area (Å²) in [6.07, 6.45) is 4.50. The number of nitriles is 1. The maximum absolute atomic E-state index is 12.8. The van der Waals surface area contributed by atoms with E-state index in [1.54, 1.807) is 4.90 Å². The van der Waals surface area contributed by atoms with E-state index in [2.05, 4.69) is 71.0 Å². The van der Waals surface area contributed by atoms with Gasteiger partial charge < -0.3 is 24.2 Å². The molecule has 4 heterocycles. The Morgan fingerprint density at radius 3 is 2.79 bits per heavy atom. The zero-order valence-electron chi connectivity index (χ0n) is 27.4. The summed E-state index contributed by atoms with van der Waals surface area (Å²) in [5, 5.41) is 12.1. The van der Waals surface area contributed by atoms with E-state index in [0.717, 1.165) is 62.7 Å². The van der Waals surface area contributed by atoms with E-state index >= 15 is 0 Å². The maximum Gasteiger partial charge on any atom is 0.318 e. The van der Waals surface area contributed by atoms with Crippen LogP contribution < -0.4 is 14.5 Å². The smallest absolute Gasteiger partial charge is 0.318 e. The molecule has 10 nitrogen and oxygen atoms in total. The van der Waals surface area contributed by atoms with Crippen molar-refractivity contribution in [1.29, 1.82) is 5.26 Å². The number of carbonyl (C=O) groups is 1. The Kier molecular flexibility index (Phi) is 10.5. The summed E-state index contributed by atoms with van der Waals surface area (Å²) in [6, 6.07) is 15.1. The second kappa shape index (κ2) is 15.1. The second-order valence-corrected chi connectivity index (χ2v) is 12.6. The van der Waals surface area contributed by atoms with E-state index in [9.17, 15) is 14.4 Å². The van der Waals surface area contributed by atoms with Crippen molar-refractivity contribution >= 4 is 28.2 Å². The van der Waals surface area contributed by atoms with Gasteiger partial charge in [0.25, 0.3) is 0 Å². The molecular weight excluding hydrogens is 597 g/mol. The molecule has 0 saturated carbocycles. The van der Waals surface area contributed by atoms with E-state index in [1.807, 2.05) is 0 Å². The Morgan fingerprint density at radius 2 is 1.98 bits per heavy atom. The topological polar surface area (TPSA) is 98.1 Å². The number of aromatic nitrogens is 2. The largest absolute Gasteiger partial charge is 0.463 e. The van der Waals surface area contributed by atoms with Gasteiger partial charge in [0.2, 0.25) is 5.91 Å². The lowest BCUT2D eigenvalue weighted by Crippen LogP contribution is -2.55. The van der Waals surface area contributed by atoms with Crippen molar-refractivity contribution in [2.24, 2.45) is 0 Å². The first-order chi connectivity index (χ1) is 22.9. The van der Waals surface area contributed by atoms with Gasteiger partial charge in [0.1, 0.15) is 12.5 Å².